The van der Waals surface area contributed by atoms with Crippen molar-refractivity contribution >= 4 is 10.0 Å². The van der Waals surface area contributed by atoms with Crippen molar-refractivity contribution < 1.29 is 8.42 Å². The fourth-order valence-corrected chi connectivity index (χ4v) is 4.96. The zero-order valence-corrected chi connectivity index (χ0v) is 12.9. The number of nitrogens with one attached hydrogen (secondary N) is 1. The first kappa shape index (κ1) is 14.8. The van der Waals surface area contributed by atoms with Crippen LogP contribution in [-0.4, -0.2) is 30.3 Å². The van der Waals surface area contributed by atoms with Crippen LogP contribution in [0.4, 0.5) is 0 Å². The largest absolute Gasteiger partial charge is 0.366 e. The summed E-state index contributed by atoms with van der Waals surface area (Å²) in [4.78, 5) is 14.5. The number of sulfonamides is 1. The molecule has 0 atom stereocenters. The standard InChI is InChI=1S/C15H22N2O3S/c18-14-8-9-16-10-15(14)21(19,20)17(13-6-7-13)11-12-4-2-1-3-5-12/h8-10,12-13H,1-7,11H2,(H,16,18). The third-order valence-corrected chi connectivity index (χ3v) is 6.43. The van der Waals surface area contributed by atoms with E-state index in [1.54, 1.807) is 4.31 Å². The van der Waals surface area contributed by atoms with E-state index < -0.39 is 15.5 Å². The van der Waals surface area contributed by atoms with Gasteiger partial charge in [0, 0.05) is 31.0 Å². The molecule has 116 valence electrons. The van der Waals surface area contributed by atoms with Gasteiger partial charge in [-0.25, -0.2) is 8.42 Å². The van der Waals surface area contributed by atoms with Crippen molar-refractivity contribution in [2.24, 2.45) is 5.92 Å². The van der Waals surface area contributed by atoms with Crippen LogP contribution in [-0.2, 0) is 10.0 Å². The molecule has 0 spiro atoms. The van der Waals surface area contributed by atoms with Crippen LogP contribution in [0.25, 0.3) is 0 Å². The van der Waals surface area contributed by atoms with Crippen molar-refractivity contribution in [2.45, 2.75) is 55.9 Å². The highest BCUT2D eigenvalue weighted by atomic mass is 32.2. The van der Waals surface area contributed by atoms with E-state index in [0.717, 1.165) is 25.7 Å². The van der Waals surface area contributed by atoms with Crippen LogP contribution < -0.4 is 5.43 Å². The maximum atomic E-state index is 12.8. The fraction of sp³-hybridized carbons (Fsp3) is 0.667. The Morgan fingerprint density at radius 2 is 1.86 bits per heavy atom. The maximum Gasteiger partial charge on any atom is 0.248 e. The van der Waals surface area contributed by atoms with Gasteiger partial charge in [0.2, 0.25) is 15.5 Å². The molecule has 0 amide bonds. The minimum absolute atomic E-state index is 0.0940. The van der Waals surface area contributed by atoms with Crippen LogP contribution in [0.5, 0.6) is 0 Å². The number of hydrogen-bond acceptors (Lipinski definition) is 3. The van der Waals surface area contributed by atoms with E-state index in [0.29, 0.717) is 12.5 Å². The molecule has 5 nitrogen and oxygen atoms in total. The topological polar surface area (TPSA) is 70.2 Å². The second-order valence-corrected chi connectivity index (χ2v) is 8.04. The van der Waals surface area contributed by atoms with Crippen molar-refractivity contribution in [3.05, 3.63) is 28.7 Å². The first-order valence-corrected chi connectivity index (χ1v) is 9.22. The van der Waals surface area contributed by atoms with E-state index >= 15 is 0 Å². The lowest BCUT2D eigenvalue weighted by atomic mass is 9.89. The third-order valence-electron chi connectivity index (χ3n) is 4.49. The Balaban J connectivity index is 1.86. The van der Waals surface area contributed by atoms with Crippen LogP contribution in [0.15, 0.2) is 28.2 Å². The fourth-order valence-electron chi connectivity index (χ4n) is 3.16. The molecule has 1 aromatic heterocycles. The van der Waals surface area contributed by atoms with Gasteiger partial charge in [-0.05, 0) is 31.6 Å². The summed E-state index contributed by atoms with van der Waals surface area (Å²) in [7, 11) is -3.68. The molecule has 2 aliphatic carbocycles. The molecular formula is C15H22N2O3S. The summed E-state index contributed by atoms with van der Waals surface area (Å²) in [5, 5.41) is 0. The van der Waals surface area contributed by atoms with Crippen LogP contribution in [0.2, 0.25) is 0 Å². The zero-order valence-electron chi connectivity index (χ0n) is 12.1. The maximum absolute atomic E-state index is 12.8. The summed E-state index contributed by atoms with van der Waals surface area (Å²) < 4.78 is 27.2. The van der Waals surface area contributed by atoms with Gasteiger partial charge in [0.15, 0.2) is 0 Å². The van der Waals surface area contributed by atoms with Crippen molar-refractivity contribution in [2.75, 3.05) is 6.54 Å². The van der Waals surface area contributed by atoms with Gasteiger partial charge in [0.25, 0.3) is 0 Å². The van der Waals surface area contributed by atoms with Crippen molar-refractivity contribution in [3.63, 3.8) is 0 Å². The summed E-state index contributed by atoms with van der Waals surface area (Å²) in [5.41, 5.74) is -0.428. The van der Waals surface area contributed by atoms with E-state index in [2.05, 4.69) is 4.98 Å². The number of nitrogens with zero attached hydrogens (tertiary/aromatic N) is 1. The van der Waals surface area contributed by atoms with Gasteiger partial charge in [-0.15, -0.1) is 0 Å². The van der Waals surface area contributed by atoms with E-state index in [9.17, 15) is 13.2 Å². The SMILES string of the molecule is O=c1cc[nH]cc1S(=O)(=O)N(CC1CCCCC1)C1CC1. The predicted octanol–water partition coefficient (Wildman–Crippen LogP) is 2.11. The normalized spacial score (nSPS) is 20.8. The highest BCUT2D eigenvalue weighted by molar-refractivity contribution is 7.89. The van der Waals surface area contributed by atoms with Crippen molar-refractivity contribution in [1.82, 2.24) is 9.29 Å². The molecule has 0 radical (unpaired) electrons. The predicted molar refractivity (Wildman–Crippen MR) is 80.6 cm³/mol. The molecule has 0 saturated heterocycles. The summed E-state index contributed by atoms with van der Waals surface area (Å²) in [5.74, 6) is 0.442. The lowest BCUT2D eigenvalue weighted by Crippen LogP contribution is -2.39. The molecule has 1 N–H and O–H groups in total. The molecule has 21 heavy (non-hydrogen) atoms. The van der Waals surface area contributed by atoms with E-state index in [1.165, 1.54) is 37.7 Å². The molecule has 2 aliphatic rings. The second kappa shape index (κ2) is 5.93. The lowest BCUT2D eigenvalue weighted by molar-refractivity contribution is 0.274. The molecule has 0 aromatic carbocycles. The highest BCUT2D eigenvalue weighted by Crippen LogP contribution is 2.34. The van der Waals surface area contributed by atoms with Gasteiger partial charge in [-0.2, -0.15) is 4.31 Å². The Kier molecular flexibility index (Phi) is 4.17. The van der Waals surface area contributed by atoms with Gasteiger partial charge >= 0.3 is 0 Å². The minimum Gasteiger partial charge on any atom is -0.366 e. The monoisotopic (exact) mass is 310 g/mol. The smallest absolute Gasteiger partial charge is 0.248 e. The second-order valence-electron chi connectivity index (χ2n) is 6.18. The van der Waals surface area contributed by atoms with E-state index in [-0.39, 0.29) is 10.9 Å². The van der Waals surface area contributed by atoms with Gasteiger partial charge < -0.3 is 4.98 Å². The highest BCUT2D eigenvalue weighted by Gasteiger charge is 2.40. The molecule has 0 aliphatic heterocycles. The molecule has 0 unspecified atom stereocenters. The Labute approximate surface area is 125 Å². The Morgan fingerprint density at radius 1 is 1.14 bits per heavy atom. The summed E-state index contributed by atoms with van der Waals surface area (Å²) >= 11 is 0. The molecule has 1 aromatic rings. The molecule has 2 fully saturated rings. The molecular weight excluding hydrogens is 288 g/mol. The number of H-pyrrole nitrogens is 1. The molecule has 2 saturated carbocycles. The minimum atomic E-state index is -3.68. The Morgan fingerprint density at radius 3 is 2.48 bits per heavy atom. The van der Waals surface area contributed by atoms with Crippen LogP contribution in [0.1, 0.15) is 44.9 Å². The van der Waals surface area contributed by atoms with Gasteiger partial charge in [-0.1, -0.05) is 19.3 Å². The van der Waals surface area contributed by atoms with Crippen molar-refractivity contribution in [1.29, 1.82) is 0 Å². The van der Waals surface area contributed by atoms with Crippen LogP contribution in [0.3, 0.4) is 0 Å². The third kappa shape index (κ3) is 3.21. The molecule has 1 heterocycles. The number of aromatic amines is 1. The van der Waals surface area contributed by atoms with Gasteiger partial charge in [0.1, 0.15) is 4.90 Å². The van der Waals surface area contributed by atoms with Crippen LogP contribution in [0, 0.1) is 5.92 Å². The first-order chi connectivity index (χ1) is 10.1. The quantitative estimate of drug-likeness (QED) is 0.905. The number of hydrogen-bond donors (Lipinski definition) is 1. The molecule has 3 rings (SSSR count). The summed E-state index contributed by atoms with van der Waals surface area (Å²) in [6, 6.07) is 1.37. The van der Waals surface area contributed by atoms with Crippen LogP contribution >= 0.6 is 0 Å². The number of pyridine rings is 1. The molecule has 6 heteroatoms. The average Bonchev–Trinajstić information content (AvgIpc) is 3.30. The van der Waals surface area contributed by atoms with E-state index in [1.807, 2.05) is 0 Å². The van der Waals surface area contributed by atoms with E-state index in [4.69, 9.17) is 0 Å². The number of rotatable bonds is 5. The average molecular weight is 310 g/mol. The zero-order chi connectivity index (χ0) is 14.9. The summed E-state index contributed by atoms with van der Waals surface area (Å²) in [6.45, 7) is 0.571. The summed E-state index contributed by atoms with van der Waals surface area (Å²) in [6.07, 6.45) is 10.4. The van der Waals surface area contributed by atoms with Gasteiger partial charge in [0.05, 0.1) is 0 Å². The lowest BCUT2D eigenvalue weighted by Gasteiger charge is -2.29. The first-order valence-electron chi connectivity index (χ1n) is 7.78. The Hall–Kier alpha value is -1.14. The van der Waals surface area contributed by atoms with Crippen molar-refractivity contribution in [3.8, 4) is 0 Å². The van der Waals surface area contributed by atoms with Gasteiger partial charge in [-0.3, -0.25) is 4.79 Å². The Bertz CT molecular complexity index is 643. The number of aromatic nitrogens is 1. The molecule has 0 bridgehead atoms.